The Morgan fingerprint density at radius 1 is 1.28 bits per heavy atom. The van der Waals surface area contributed by atoms with Gasteiger partial charge in [0.15, 0.2) is 0 Å². The summed E-state index contributed by atoms with van der Waals surface area (Å²) < 4.78 is 29.4. The predicted octanol–water partition coefficient (Wildman–Crippen LogP) is 3.84. The summed E-state index contributed by atoms with van der Waals surface area (Å²) in [5, 5.41) is 9.44. The highest BCUT2D eigenvalue weighted by molar-refractivity contribution is 5.99. The number of rotatable bonds is 3. The number of aromatic amines is 1. The number of carbonyl (C=O) groups excluding carboxylic acids is 1. The second-order valence-corrected chi connectivity index (χ2v) is 7.39. The van der Waals surface area contributed by atoms with Gasteiger partial charge < -0.3 is 9.88 Å². The van der Waals surface area contributed by atoms with Gasteiger partial charge in [-0.25, -0.2) is 0 Å². The SMILES string of the molecule is CCN(CC)C(=O)[C@@H]1C=C2c3cccc4[nH]cc(c34)C[C@H]2N(C)C1.[O]C(F)(F)F. The first-order chi connectivity index (χ1) is 13.6. The lowest BCUT2D eigenvalue weighted by Gasteiger charge is -2.40. The summed E-state index contributed by atoms with van der Waals surface area (Å²) in [6.07, 6.45) is 0.160. The van der Waals surface area contributed by atoms with E-state index in [4.69, 9.17) is 5.11 Å². The second-order valence-electron chi connectivity index (χ2n) is 7.39. The Morgan fingerprint density at radius 3 is 2.55 bits per heavy atom. The van der Waals surface area contributed by atoms with Crippen LogP contribution in [0.15, 0.2) is 30.5 Å². The number of nitrogens with zero attached hydrogens (tertiary/aromatic N) is 2. The molecule has 2 aromatic rings. The van der Waals surface area contributed by atoms with Crippen molar-refractivity contribution in [1.29, 1.82) is 0 Å². The molecular formula is C21H25F3N3O2. The van der Waals surface area contributed by atoms with Crippen LogP contribution in [0.2, 0.25) is 0 Å². The van der Waals surface area contributed by atoms with Crippen LogP contribution >= 0.6 is 0 Å². The number of hydrogen-bond donors (Lipinski definition) is 1. The fourth-order valence-electron chi connectivity index (χ4n) is 4.38. The van der Waals surface area contributed by atoms with Gasteiger partial charge in [-0.15, -0.1) is 18.3 Å². The number of alkyl halides is 3. The molecule has 0 bridgehead atoms. The predicted molar refractivity (Wildman–Crippen MR) is 105 cm³/mol. The fraction of sp³-hybridized carbons (Fsp3) is 0.476. The standard InChI is InChI=1S/C20H25N3O.CF3O/c1-4-23(5-2)20(24)14-9-16-15-7-6-8-17-19(15)13(11-21-17)10-18(16)22(3)12-14;2-1(3,4)5/h6-9,11,14,18,21H,4-5,10,12H2,1-3H3;/t14-,18-;/m1./s1. The van der Waals surface area contributed by atoms with E-state index >= 15 is 0 Å². The Bertz CT molecular complexity index is 910. The molecule has 1 aromatic carbocycles. The van der Waals surface area contributed by atoms with Crippen molar-refractivity contribution in [3.05, 3.63) is 41.6 Å². The molecule has 0 spiro atoms. The molecule has 8 heteroatoms. The number of likely N-dealkylation sites (N-methyl/N-ethyl adjacent to an activating group) is 1. The van der Waals surface area contributed by atoms with Crippen molar-refractivity contribution in [2.45, 2.75) is 32.7 Å². The molecule has 5 nitrogen and oxygen atoms in total. The van der Waals surface area contributed by atoms with Crippen LogP contribution in [-0.2, 0) is 16.3 Å². The Hall–Kier alpha value is -2.32. The Balaban J connectivity index is 0.000000431. The van der Waals surface area contributed by atoms with Crippen molar-refractivity contribution in [3.63, 3.8) is 0 Å². The third kappa shape index (κ3) is 4.48. The van der Waals surface area contributed by atoms with E-state index in [-0.39, 0.29) is 11.8 Å². The van der Waals surface area contributed by atoms with E-state index in [9.17, 15) is 18.0 Å². The van der Waals surface area contributed by atoms with Crippen LogP contribution in [0.5, 0.6) is 0 Å². The van der Waals surface area contributed by atoms with Crippen molar-refractivity contribution in [3.8, 4) is 0 Å². The van der Waals surface area contributed by atoms with Crippen molar-refractivity contribution in [2.24, 2.45) is 5.92 Å². The summed E-state index contributed by atoms with van der Waals surface area (Å²) in [5.41, 5.74) is 5.21. The molecule has 2 aliphatic rings. The fourth-order valence-corrected chi connectivity index (χ4v) is 4.38. The van der Waals surface area contributed by atoms with E-state index in [0.29, 0.717) is 6.04 Å². The third-order valence-corrected chi connectivity index (χ3v) is 5.66. The van der Waals surface area contributed by atoms with Crippen LogP contribution in [0.4, 0.5) is 13.2 Å². The number of hydrogen-bond acceptors (Lipinski definition) is 2. The van der Waals surface area contributed by atoms with Crippen LogP contribution in [0.3, 0.4) is 0 Å². The zero-order valence-electron chi connectivity index (χ0n) is 16.7. The highest BCUT2D eigenvalue weighted by Gasteiger charge is 2.36. The van der Waals surface area contributed by atoms with Gasteiger partial charge in [0.1, 0.15) is 0 Å². The number of H-pyrrole nitrogens is 1. The summed E-state index contributed by atoms with van der Waals surface area (Å²) in [4.78, 5) is 20.6. The normalized spacial score (nSPS) is 21.1. The molecule has 2 heterocycles. The van der Waals surface area contributed by atoms with E-state index < -0.39 is 6.36 Å². The first-order valence-electron chi connectivity index (χ1n) is 9.71. The molecular weight excluding hydrogens is 383 g/mol. The molecule has 29 heavy (non-hydrogen) atoms. The number of fused-ring (bicyclic) bond motifs is 2. The maximum atomic E-state index is 12.9. The summed E-state index contributed by atoms with van der Waals surface area (Å²) in [6, 6.07) is 6.82. The number of halogens is 3. The molecule has 1 aliphatic carbocycles. The third-order valence-electron chi connectivity index (χ3n) is 5.66. The molecule has 4 rings (SSSR count). The molecule has 1 N–H and O–H groups in total. The van der Waals surface area contributed by atoms with Gasteiger partial charge in [0, 0.05) is 42.8 Å². The molecule has 1 amide bonds. The number of benzene rings is 1. The molecule has 1 aliphatic heterocycles. The van der Waals surface area contributed by atoms with Crippen molar-refractivity contribution >= 4 is 22.4 Å². The Morgan fingerprint density at radius 2 is 1.93 bits per heavy atom. The van der Waals surface area contributed by atoms with Crippen LogP contribution in [0.25, 0.3) is 16.5 Å². The molecule has 0 saturated heterocycles. The summed E-state index contributed by atoms with van der Waals surface area (Å²) >= 11 is 0. The average molecular weight is 408 g/mol. The molecule has 2 atom stereocenters. The van der Waals surface area contributed by atoms with Crippen LogP contribution in [0, 0.1) is 5.92 Å². The van der Waals surface area contributed by atoms with Gasteiger partial charge in [0.25, 0.3) is 0 Å². The van der Waals surface area contributed by atoms with Crippen molar-refractivity contribution in [2.75, 3.05) is 26.7 Å². The summed E-state index contributed by atoms with van der Waals surface area (Å²) in [6.45, 7) is 6.47. The maximum absolute atomic E-state index is 12.9. The number of amides is 1. The molecule has 0 fully saturated rings. The van der Waals surface area contributed by atoms with E-state index in [1.165, 1.54) is 27.6 Å². The zero-order valence-corrected chi connectivity index (χ0v) is 16.7. The van der Waals surface area contributed by atoms with Crippen molar-refractivity contribution in [1.82, 2.24) is 14.8 Å². The minimum Gasteiger partial charge on any atom is -0.361 e. The zero-order chi connectivity index (χ0) is 21.3. The topological polar surface area (TPSA) is 59.2 Å². The minimum atomic E-state index is -5.25. The van der Waals surface area contributed by atoms with Gasteiger partial charge >= 0.3 is 6.36 Å². The number of nitrogens with one attached hydrogen (secondary N) is 1. The van der Waals surface area contributed by atoms with Crippen LogP contribution in [0.1, 0.15) is 25.0 Å². The molecule has 1 aromatic heterocycles. The Kier molecular flexibility index (Phi) is 6.05. The minimum absolute atomic E-state index is 0.0445. The second kappa shape index (κ2) is 8.20. The van der Waals surface area contributed by atoms with Gasteiger partial charge in [-0.05, 0) is 50.1 Å². The monoisotopic (exact) mass is 408 g/mol. The van der Waals surface area contributed by atoms with E-state index in [1.807, 2.05) is 4.90 Å². The average Bonchev–Trinajstić information content (AvgIpc) is 3.06. The maximum Gasteiger partial charge on any atom is 0.549 e. The van der Waals surface area contributed by atoms with Crippen LogP contribution < -0.4 is 0 Å². The molecule has 1 radical (unpaired) electrons. The smallest absolute Gasteiger partial charge is 0.361 e. The Labute approximate surface area is 167 Å². The van der Waals surface area contributed by atoms with Gasteiger partial charge in [0.05, 0.1) is 5.92 Å². The van der Waals surface area contributed by atoms with Gasteiger partial charge in [-0.2, -0.15) is 0 Å². The first-order valence-corrected chi connectivity index (χ1v) is 9.71. The largest absolute Gasteiger partial charge is 0.549 e. The summed E-state index contributed by atoms with van der Waals surface area (Å²) in [7, 11) is 2.15. The highest BCUT2D eigenvalue weighted by atomic mass is 19.4. The highest BCUT2D eigenvalue weighted by Crippen LogP contribution is 2.40. The quantitative estimate of drug-likeness (QED) is 0.839. The summed E-state index contributed by atoms with van der Waals surface area (Å²) in [5.74, 6) is 0.210. The molecule has 157 valence electrons. The van der Waals surface area contributed by atoms with Gasteiger partial charge in [-0.1, -0.05) is 18.2 Å². The molecule has 0 unspecified atom stereocenters. The van der Waals surface area contributed by atoms with E-state index in [1.54, 1.807) is 0 Å². The lowest BCUT2D eigenvalue weighted by atomic mass is 9.79. The van der Waals surface area contributed by atoms with E-state index in [2.05, 4.69) is 61.3 Å². The number of aromatic nitrogens is 1. The van der Waals surface area contributed by atoms with Gasteiger partial charge in [-0.3, -0.25) is 9.69 Å². The first kappa shape index (κ1) is 21.4. The lowest BCUT2D eigenvalue weighted by Crippen LogP contribution is -2.47. The number of carbonyl (C=O) groups is 1. The molecule has 0 saturated carbocycles. The van der Waals surface area contributed by atoms with Crippen LogP contribution in [-0.4, -0.2) is 59.8 Å². The lowest BCUT2D eigenvalue weighted by molar-refractivity contribution is -0.331. The van der Waals surface area contributed by atoms with Crippen molar-refractivity contribution < 1.29 is 23.1 Å². The van der Waals surface area contributed by atoms with Gasteiger partial charge in [0.2, 0.25) is 5.91 Å². The van der Waals surface area contributed by atoms with E-state index in [0.717, 1.165) is 26.1 Å².